The summed E-state index contributed by atoms with van der Waals surface area (Å²) in [6, 6.07) is 8.27. The highest BCUT2D eigenvalue weighted by Gasteiger charge is 2.45. The Morgan fingerprint density at radius 3 is 2.95 bits per heavy atom. The fraction of sp³-hybridized carbons (Fsp3) is 0.611. The monoisotopic (exact) mass is 285 g/mol. The highest BCUT2D eigenvalue weighted by Crippen LogP contribution is 2.42. The van der Waals surface area contributed by atoms with Gasteiger partial charge in [-0.1, -0.05) is 37.1 Å². The van der Waals surface area contributed by atoms with Gasteiger partial charge >= 0.3 is 0 Å². The third-order valence-corrected chi connectivity index (χ3v) is 5.89. The molecule has 1 amide bonds. The van der Waals surface area contributed by atoms with E-state index in [2.05, 4.69) is 12.1 Å². The molecule has 2 aliphatic carbocycles. The lowest BCUT2D eigenvalue weighted by Gasteiger charge is -2.48. The van der Waals surface area contributed by atoms with Gasteiger partial charge in [-0.25, -0.2) is 0 Å². The van der Waals surface area contributed by atoms with Crippen LogP contribution >= 0.6 is 0 Å². The van der Waals surface area contributed by atoms with Gasteiger partial charge in [-0.05, 0) is 36.8 Å². The summed E-state index contributed by atoms with van der Waals surface area (Å²) in [6.07, 6.45) is 5.98. The molecule has 0 aromatic heterocycles. The minimum absolute atomic E-state index is 0.0657. The van der Waals surface area contributed by atoms with Gasteiger partial charge in [-0.2, -0.15) is 0 Å². The molecule has 2 fully saturated rings. The van der Waals surface area contributed by atoms with Crippen LogP contribution in [0.5, 0.6) is 0 Å². The second-order valence-electron chi connectivity index (χ2n) is 7.04. The quantitative estimate of drug-likeness (QED) is 0.861. The maximum Gasteiger partial charge on any atom is 0.230 e. The number of rotatable bonds is 1. The maximum absolute atomic E-state index is 12.8. The van der Waals surface area contributed by atoms with Crippen LogP contribution in [0.15, 0.2) is 24.3 Å². The summed E-state index contributed by atoms with van der Waals surface area (Å²) < 4.78 is 0. The van der Waals surface area contributed by atoms with E-state index in [1.54, 1.807) is 0 Å². The Kier molecular flexibility index (Phi) is 3.07. The smallest absolute Gasteiger partial charge is 0.230 e. The van der Waals surface area contributed by atoms with Gasteiger partial charge in [0.15, 0.2) is 0 Å². The second-order valence-corrected chi connectivity index (χ2v) is 7.04. The summed E-state index contributed by atoms with van der Waals surface area (Å²) in [7, 11) is 0. The van der Waals surface area contributed by atoms with E-state index >= 15 is 0 Å². The molecule has 3 heteroatoms. The lowest BCUT2D eigenvalue weighted by Crippen LogP contribution is -2.55. The lowest BCUT2D eigenvalue weighted by molar-refractivity contribution is -0.145. The van der Waals surface area contributed by atoms with E-state index in [1.807, 2.05) is 17.0 Å². The van der Waals surface area contributed by atoms with Crippen molar-refractivity contribution >= 4 is 5.91 Å². The third kappa shape index (κ3) is 2.10. The number of carbonyl (C=O) groups is 1. The zero-order valence-electron chi connectivity index (χ0n) is 12.4. The van der Waals surface area contributed by atoms with Gasteiger partial charge in [0, 0.05) is 19.0 Å². The van der Waals surface area contributed by atoms with E-state index in [0.717, 1.165) is 45.2 Å². The Bertz CT molecular complexity index is 570. The van der Waals surface area contributed by atoms with Crippen molar-refractivity contribution in [1.82, 2.24) is 4.90 Å². The molecule has 0 bridgehead atoms. The van der Waals surface area contributed by atoms with Crippen LogP contribution in [0.4, 0.5) is 0 Å². The average Bonchev–Trinajstić information content (AvgIpc) is 2.47. The van der Waals surface area contributed by atoms with Crippen LogP contribution in [0.25, 0.3) is 0 Å². The van der Waals surface area contributed by atoms with Gasteiger partial charge in [-0.15, -0.1) is 0 Å². The summed E-state index contributed by atoms with van der Waals surface area (Å²) in [6.45, 7) is 1.48. The summed E-state index contributed by atoms with van der Waals surface area (Å²) in [5.74, 6) is 0.636. The molecular formula is C18H23NO2. The topological polar surface area (TPSA) is 40.5 Å². The number of aliphatic hydroxyl groups is 1. The molecule has 1 aliphatic heterocycles. The highest BCUT2D eigenvalue weighted by molar-refractivity contribution is 5.87. The number of carbonyl (C=O) groups excluding carboxylic acids is 1. The van der Waals surface area contributed by atoms with Crippen molar-refractivity contribution in [3.63, 3.8) is 0 Å². The Balaban J connectivity index is 1.47. The molecule has 3 nitrogen and oxygen atoms in total. The van der Waals surface area contributed by atoms with Gasteiger partial charge < -0.3 is 10.0 Å². The van der Waals surface area contributed by atoms with Crippen molar-refractivity contribution in [2.45, 2.75) is 50.0 Å². The van der Waals surface area contributed by atoms with Crippen molar-refractivity contribution in [3.8, 4) is 0 Å². The SMILES string of the molecule is O=C(C1Cc2ccccc21)N1CCC2(O)CCCCC2C1. The van der Waals surface area contributed by atoms with Gasteiger partial charge in [0.2, 0.25) is 5.91 Å². The highest BCUT2D eigenvalue weighted by atomic mass is 16.3. The predicted molar refractivity (Wildman–Crippen MR) is 81.0 cm³/mol. The molecule has 112 valence electrons. The van der Waals surface area contributed by atoms with Gasteiger partial charge in [0.05, 0.1) is 11.5 Å². The fourth-order valence-electron chi connectivity index (χ4n) is 4.47. The van der Waals surface area contributed by atoms with E-state index in [1.165, 1.54) is 17.5 Å². The van der Waals surface area contributed by atoms with Crippen molar-refractivity contribution in [2.75, 3.05) is 13.1 Å². The molecule has 4 rings (SSSR count). The Morgan fingerprint density at radius 1 is 1.24 bits per heavy atom. The van der Waals surface area contributed by atoms with Crippen molar-refractivity contribution in [3.05, 3.63) is 35.4 Å². The third-order valence-electron chi connectivity index (χ3n) is 5.89. The molecular weight excluding hydrogens is 262 g/mol. The molecule has 1 heterocycles. The summed E-state index contributed by atoms with van der Waals surface area (Å²) in [4.78, 5) is 14.8. The van der Waals surface area contributed by atoms with Crippen molar-refractivity contribution in [2.24, 2.45) is 5.92 Å². The molecule has 0 spiro atoms. The van der Waals surface area contributed by atoms with Crippen LogP contribution < -0.4 is 0 Å². The molecule has 0 radical (unpaired) electrons. The fourth-order valence-corrected chi connectivity index (χ4v) is 4.47. The number of hydrogen-bond donors (Lipinski definition) is 1. The van der Waals surface area contributed by atoms with E-state index in [4.69, 9.17) is 0 Å². The van der Waals surface area contributed by atoms with E-state index in [9.17, 15) is 9.90 Å². The van der Waals surface area contributed by atoms with Crippen molar-refractivity contribution < 1.29 is 9.90 Å². The zero-order valence-corrected chi connectivity index (χ0v) is 12.4. The Morgan fingerprint density at radius 2 is 2.10 bits per heavy atom. The first-order valence-electron chi connectivity index (χ1n) is 8.26. The van der Waals surface area contributed by atoms with Crippen LogP contribution in [-0.4, -0.2) is 34.6 Å². The Hall–Kier alpha value is -1.35. The zero-order chi connectivity index (χ0) is 14.4. The number of benzene rings is 1. The van der Waals surface area contributed by atoms with Crippen molar-refractivity contribution in [1.29, 1.82) is 0 Å². The van der Waals surface area contributed by atoms with Gasteiger partial charge in [0.25, 0.3) is 0 Å². The lowest BCUT2D eigenvalue weighted by atomic mass is 9.70. The molecule has 3 aliphatic rings. The van der Waals surface area contributed by atoms with E-state index in [0.29, 0.717) is 5.92 Å². The predicted octanol–water partition coefficient (Wildman–Crippen LogP) is 2.48. The summed E-state index contributed by atoms with van der Waals surface area (Å²) in [5, 5.41) is 10.7. The average molecular weight is 285 g/mol. The molecule has 1 saturated carbocycles. The van der Waals surface area contributed by atoms with E-state index in [-0.39, 0.29) is 11.8 Å². The summed E-state index contributed by atoms with van der Waals surface area (Å²) in [5.41, 5.74) is 2.04. The standard InChI is InChI=1S/C18H23NO2/c20-17(16-11-13-5-1-2-7-15(13)16)19-10-9-18(21)8-4-3-6-14(18)12-19/h1-2,5,7,14,16,21H,3-4,6,8-12H2. The Labute approximate surface area is 126 Å². The number of amides is 1. The number of piperidine rings is 1. The first-order valence-corrected chi connectivity index (χ1v) is 8.26. The molecule has 1 saturated heterocycles. The molecule has 1 N–H and O–H groups in total. The second kappa shape index (κ2) is 4.84. The number of nitrogens with zero attached hydrogens (tertiary/aromatic N) is 1. The largest absolute Gasteiger partial charge is 0.389 e. The van der Waals surface area contributed by atoms with Crippen LogP contribution in [0.1, 0.15) is 49.1 Å². The van der Waals surface area contributed by atoms with Crippen LogP contribution in [0.2, 0.25) is 0 Å². The molecule has 1 aromatic rings. The number of likely N-dealkylation sites (tertiary alicyclic amines) is 1. The molecule has 1 aromatic carbocycles. The van der Waals surface area contributed by atoms with Crippen LogP contribution in [0.3, 0.4) is 0 Å². The maximum atomic E-state index is 12.8. The molecule has 21 heavy (non-hydrogen) atoms. The summed E-state index contributed by atoms with van der Waals surface area (Å²) >= 11 is 0. The van der Waals surface area contributed by atoms with Crippen LogP contribution in [0, 0.1) is 5.92 Å². The minimum Gasteiger partial charge on any atom is -0.389 e. The van der Waals surface area contributed by atoms with Crippen LogP contribution in [-0.2, 0) is 11.2 Å². The first-order chi connectivity index (χ1) is 10.2. The molecule has 3 unspecified atom stereocenters. The number of hydrogen-bond acceptors (Lipinski definition) is 2. The minimum atomic E-state index is -0.494. The molecule has 3 atom stereocenters. The normalized spacial score (nSPS) is 34.6. The van der Waals surface area contributed by atoms with E-state index < -0.39 is 5.60 Å². The van der Waals surface area contributed by atoms with Gasteiger partial charge in [-0.3, -0.25) is 4.79 Å². The first kappa shape index (κ1) is 13.3. The van der Waals surface area contributed by atoms with Gasteiger partial charge in [0.1, 0.15) is 0 Å². The number of fused-ring (bicyclic) bond motifs is 2.